The first-order chi connectivity index (χ1) is 5.12. The highest BCUT2D eigenvalue weighted by Crippen LogP contribution is 2.49. The molecule has 0 aromatic rings. The summed E-state index contributed by atoms with van der Waals surface area (Å²) in [5.74, 6) is 0.626. The molecular weight excluding hydrogens is 136 g/mol. The van der Waals surface area contributed by atoms with Crippen LogP contribution >= 0.6 is 0 Å². The number of hydrogen-bond donors (Lipinski definition) is 0. The summed E-state index contributed by atoms with van der Waals surface area (Å²) in [4.78, 5) is 0. The third-order valence-electron chi connectivity index (χ3n) is 3.41. The summed E-state index contributed by atoms with van der Waals surface area (Å²) in [5, 5.41) is 0. The summed E-state index contributed by atoms with van der Waals surface area (Å²) >= 11 is 0. The summed E-state index contributed by atoms with van der Waals surface area (Å²) in [6.45, 7) is 9.63. The molecule has 0 aromatic carbocycles. The minimum atomic E-state index is 0.356. The van der Waals surface area contributed by atoms with Gasteiger partial charge in [-0.1, -0.05) is 26.0 Å². The molecule has 11 heavy (non-hydrogen) atoms. The molecule has 2 atom stereocenters. The van der Waals surface area contributed by atoms with Crippen molar-refractivity contribution >= 4 is 0 Å². The van der Waals surface area contributed by atoms with E-state index in [2.05, 4.69) is 20.4 Å². The first-order valence-corrected chi connectivity index (χ1v) is 4.41. The van der Waals surface area contributed by atoms with Gasteiger partial charge in [0.15, 0.2) is 0 Å². The van der Waals surface area contributed by atoms with E-state index in [1.807, 2.05) is 0 Å². The first-order valence-electron chi connectivity index (χ1n) is 4.41. The van der Waals surface area contributed by atoms with Crippen LogP contribution in [0.2, 0.25) is 0 Å². The largest absolute Gasteiger partial charge is 0.377 e. The molecule has 62 valence electrons. The highest BCUT2D eigenvalue weighted by Gasteiger charge is 2.47. The Kier molecular flexibility index (Phi) is 1.40. The normalized spacial score (nSPS) is 41.1. The van der Waals surface area contributed by atoms with Crippen LogP contribution in [0.3, 0.4) is 0 Å². The molecule has 1 heteroatoms. The van der Waals surface area contributed by atoms with E-state index in [4.69, 9.17) is 4.74 Å². The molecule has 2 rings (SSSR count). The van der Waals surface area contributed by atoms with Crippen LogP contribution in [0.5, 0.6) is 0 Å². The molecule has 0 radical (unpaired) electrons. The Morgan fingerprint density at radius 3 is 2.91 bits per heavy atom. The van der Waals surface area contributed by atoms with Crippen LogP contribution < -0.4 is 0 Å². The van der Waals surface area contributed by atoms with E-state index in [9.17, 15) is 0 Å². The number of rotatable bonds is 0. The molecule has 1 heterocycles. The fourth-order valence-electron chi connectivity index (χ4n) is 2.46. The molecule has 0 spiro atoms. The van der Waals surface area contributed by atoms with Gasteiger partial charge in [-0.15, -0.1) is 0 Å². The van der Waals surface area contributed by atoms with Crippen molar-refractivity contribution in [1.29, 1.82) is 0 Å². The molecule has 1 nitrogen and oxygen atoms in total. The van der Waals surface area contributed by atoms with Gasteiger partial charge in [0.2, 0.25) is 0 Å². The van der Waals surface area contributed by atoms with Crippen LogP contribution in [-0.2, 0) is 4.74 Å². The number of fused-ring (bicyclic) bond motifs is 2. The van der Waals surface area contributed by atoms with Crippen LogP contribution in [0.4, 0.5) is 0 Å². The molecule has 1 aliphatic carbocycles. The summed E-state index contributed by atoms with van der Waals surface area (Å²) < 4.78 is 5.70. The Morgan fingerprint density at radius 2 is 2.27 bits per heavy atom. The monoisotopic (exact) mass is 152 g/mol. The summed E-state index contributed by atoms with van der Waals surface area (Å²) in [6.07, 6.45) is 2.86. The average molecular weight is 152 g/mol. The number of hydrogen-bond acceptors (Lipinski definition) is 1. The van der Waals surface area contributed by atoms with Gasteiger partial charge in [0.25, 0.3) is 0 Å². The van der Waals surface area contributed by atoms with E-state index in [1.54, 1.807) is 0 Å². The second kappa shape index (κ2) is 2.10. The quantitative estimate of drug-likeness (QED) is 0.484. The van der Waals surface area contributed by atoms with Gasteiger partial charge in [-0.25, -0.2) is 0 Å². The SMILES string of the molecule is C=C1CC[C@@H]2OC[C@H]1C2(C)C. The van der Waals surface area contributed by atoms with E-state index < -0.39 is 0 Å². The molecule has 2 aliphatic rings. The fraction of sp³-hybridized carbons (Fsp3) is 0.800. The van der Waals surface area contributed by atoms with Gasteiger partial charge in [0.05, 0.1) is 12.7 Å². The lowest BCUT2D eigenvalue weighted by atomic mass is 9.67. The van der Waals surface area contributed by atoms with E-state index in [0.29, 0.717) is 17.4 Å². The van der Waals surface area contributed by atoms with Crippen LogP contribution in [-0.4, -0.2) is 12.7 Å². The fourth-order valence-corrected chi connectivity index (χ4v) is 2.46. The van der Waals surface area contributed by atoms with Gasteiger partial charge in [-0.3, -0.25) is 0 Å². The molecule has 1 saturated carbocycles. The second-order valence-corrected chi connectivity index (χ2v) is 4.39. The summed E-state index contributed by atoms with van der Waals surface area (Å²) in [5.41, 5.74) is 1.76. The van der Waals surface area contributed by atoms with Gasteiger partial charge in [-0.05, 0) is 18.3 Å². The highest BCUT2D eigenvalue weighted by atomic mass is 16.5. The van der Waals surface area contributed by atoms with Gasteiger partial charge < -0.3 is 4.74 Å². The lowest BCUT2D eigenvalue weighted by Gasteiger charge is -2.36. The minimum Gasteiger partial charge on any atom is -0.377 e. The van der Waals surface area contributed by atoms with Crippen molar-refractivity contribution < 1.29 is 4.74 Å². The lowest BCUT2D eigenvalue weighted by molar-refractivity contribution is 0.0528. The molecule has 0 N–H and O–H groups in total. The van der Waals surface area contributed by atoms with Crippen molar-refractivity contribution in [1.82, 2.24) is 0 Å². The Bertz CT molecular complexity index is 193. The average Bonchev–Trinajstić information content (AvgIpc) is 2.15. The Labute approximate surface area is 68.4 Å². The number of ether oxygens (including phenoxy) is 1. The molecule has 1 saturated heterocycles. The maximum atomic E-state index is 5.70. The van der Waals surface area contributed by atoms with Gasteiger partial charge in [0.1, 0.15) is 0 Å². The minimum absolute atomic E-state index is 0.356. The van der Waals surface area contributed by atoms with E-state index >= 15 is 0 Å². The first kappa shape index (κ1) is 7.35. The predicted octanol–water partition coefficient (Wildman–Crippen LogP) is 2.38. The third-order valence-corrected chi connectivity index (χ3v) is 3.41. The van der Waals surface area contributed by atoms with Crippen LogP contribution in [0.25, 0.3) is 0 Å². The Morgan fingerprint density at radius 1 is 1.55 bits per heavy atom. The van der Waals surface area contributed by atoms with Crippen LogP contribution in [0.1, 0.15) is 26.7 Å². The zero-order chi connectivity index (χ0) is 8.06. The summed E-state index contributed by atoms with van der Waals surface area (Å²) in [6, 6.07) is 0. The van der Waals surface area contributed by atoms with E-state index in [0.717, 1.165) is 6.61 Å². The maximum Gasteiger partial charge on any atom is 0.0635 e. The molecule has 2 fully saturated rings. The molecule has 1 aliphatic heterocycles. The van der Waals surface area contributed by atoms with Crippen molar-refractivity contribution in [2.75, 3.05) is 6.61 Å². The summed E-state index contributed by atoms with van der Waals surface area (Å²) in [7, 11) is 0. The standard InChI is InChI=1S/C10H16O/c1-7-4-5-9-10(2,3)8(7)6-11-9/h8-9H,1,4-6H2,2-3H3/t8-,9+/m1/s1. The molecular formula is C10H16O. The lowest BCUT2D eigenvalue weighted by Crippen LogP contribution is -2.34. The van der Waals surface area contributed by atoms with Crippen LogP contribution in [0.15, 0.2) is 12.2 Å². The highest BCUT2D eigenvalue weighted by molar-refractivity contribution is 5.15. The smallest absolute Gasteiger partial charge is 0.0635 e. The third kappa shape index (κ3) is 0.871. The molecule has 0 unspecified atom stereocenters. The van der Waals surface area contributed by atoms with Crippen molar-refractivity contribution in [2.24, 2.45) is 11.3 Å². The molecule has 0 amide bonds. The molecule has 2 bridgehead atoms. The maximum absolute atomic E-state index is 5.70. The van der Waals surface area contributed by atoms with E-state index in [1.165, 1.54) is 18.4 Å². The van der Waals surface area contributed by atoms with Gasteiger partial charge in [0, 0.05) is 5.92 Å². The zero-order valence-corrected chi connectivity index (χ0v) is 7.39. The zero-order valence-electron chi connectivity index (χ0n) is 7.39. The van der Waals surface area contributed by atoms with Crippen molar-refractivity contribution in [3.8, 4) is 0 Å². The molecule has 0 aromatic heterocycles. The van der Waals surface area contributed by atoms with E-state index in [-0.39, 0.29) is 0 Å². The van der Waals surface area contributed by atoms with Crippen molar-refractivity contribution in [2.45, 2.75) is 32.8 Å². The Hall–Kier alpha value is -0.300. The Balaban J connectivity index is 2.31. The van der Waals surface area contributed by atoms with Gasteiger partial charge >= 0.3 is 0 Å². The van der Waals surface area contributed by atoms with Crippen molar-refractivity contribution in [3.63, 3.8) is 0 Å². The van der Waals surface area contributed by atoms with Gasteiger partial charge in [-0.2, -0.15) is 0 Å². The van der Waals surface area contributed by atoms with Crippen molar-refractivity contribution in [3.05, 3.63) is 12.2 Å². The van der Waals surface area contributed by atoms with Crippen LogP contribution in [0, 0.1) is 11.3 Å². The predicted molar refractivity (Wildman–Crippen MR) is 45.4 cm³/mol. The topological polar surface area (TPSA) is 9.23 Å². The second-order valence-electron chi connectivity index (χ2n) is 4.39.